The van der Waals surface area contributed by atoms with Gasteiger partial charge in [0.15, 0.2) is 0 Å². The Morgan fingerprint density at radius 2 is 1.74 bits per heavy atom. The predicted octanol–water partition coefficient (Wildman–Crippen LogP) is 5.16. The second-order valence-corrected chi connectivity index (χ2v) is 19.8. The summed E-state index contributed by atoms with van der Waals surface area (Å²) in [5.41, 5.74) is 1.26. The highest BCUT2D eigenvalue weighted by molar-refractivity contribution is 6.76. The first-order valence-corrected chi connectivity index (χ1v) is 17.9. The average Bonchev–Trinajstić information content (AvgIpc) is 3.27. The van der Waals surface area contributed by atoms with Crippen molar-refractivity contribution >= 4 is 37.9 Å². The summed E-state index contributed by atoms with van der Waals surface area (Å²) in [7, 11) is -1.72. The predicted molar refractivity (Wildman–Crippen MR) is 157 cm³/mol. The summed E-state index contributed by atoms with van der Waals surface area (Å²) in [5.74, 6) is 0.994. The van der Waals surface area contributed by atoms with Crippen LogP contribution in [0.2, 0.25) is 25.7 Å². The largest absolute Gasteiger partial charge is 0.512 e. The molecule has 2 aliphatic rings. The van der Waals surface area contributed by atoms with E-state index in [-0.39, 0.29) is 12.0 Å². The molecule has 1 amide bonds. The second kappa shape index (κ2) is 10.8. The number of piperidine rings is 1. The lowest BCUT2D eigenvalue weighted by Crippen LogP contribution is -2.41. The first-order chi connectivity index (χ1) is 18.0. The van der Waals surface area contributed by atoms with Crippen LogP contribution in [0.25, 0.3) is 11.0 Å². The van der Waals surface area contributed by atoms with Gasteiger partial charge in [0, 0.05) is 33.7 Å². The Morgan fingerprint density at radius 1 is 1.13 bits per heavy atom. The first kappa shape index (κ1) is 30.0. The van der Waals surface area contributed by atoms with Crippen LogP contribution in [-0.4, -0.2) is 77.2 Å². The standard InChI is InChI=1S/C28H47BN4O5Si/c1-26(2,3)36-25(34)32-13-11-20(12-14-32)24-30-18-22-21(31-24)17-23(29-37-27(4,5)28(6,7)38-29)33(22)19-35-15-16-39(8,9)10/h17-18,20H,11-16,19H2,1-10H3. The highest BCUT2D eigenvalue weighted by Gasteiger charge is 2.53. The maximum atomic E-state index is 12.5. The molecule has 0 aliphatic carbocycles. The summed E-state index contributed by atoms with van der Waals surface area (Å²) in [5, 5.41) is 0. The second-order valence-electron chi connectivity index (χ2n) is 14.2. The number of fused-ring (bicyclic) bond motifs is 1. The number of amides is 1. The van der Waals surface area contributed by atoms with E-state index in [9.17, 15) is 4.79 Å². The van der Waals surface area contributed by atoms with Crippen molar-refractivity contribution in [1.82, 2.24) is 19.4 Å². The summed E-state index contributed by atoms with van der Waals surface area (Å²) in [4.78, 5) is 24.1. The van der Waals surface area contributed by atoms with Gasteiger partial charge in [-0.1, -0.05) is 19.6 Å². The zero-order chi connectivity index (χ0) is 28.8. The van der Waals surface area contributed by atoms with E-state index in [0.717, 1.165) is 41.3 Å². The molecule has 0 bridgehead atoms. The van der Waals surface area contributed by atoms with Crippen molar-refractivity contribution in [2.75, 3.05) is 19.7 Å². The van der Waals surface area contributed by atoms with Crippen LogP contribution in [0.4, 0.5) is 4.79 Å². The van der Waals surface area contributed by atoms with Crippen LogP contribution in [-0.2, 0) is 25.5 Å². The Bertz CT molecular complexity index is 1160. The molecule has 4 heterocycles. The number of hydrogen-bond acceptors (Lipinski definition) is 7. The highest BCUT2D eigenvalue weighted by atomic mass is 28.3. The Morgan fingerprint density at radius 3 is 2.31 bits per heavy atom. The number of carbonyl (C=O) groups excluding carboxylic acids is 1. The Kier molecular flexibility index (Phi) is 8.31. The van der Waals surface area contributed by atoms with E-state index in [0.29, 0.717) is 26.4 Å². The quantitative estimate of drug-likeness (QED) is 0.343. The van der Waals surface area contributed by atoms with Gasteiger partial charge in [0.1, 0.15) is 18.2 Å². The van der Waals surface area contributed by atoms with Gasteiger partial charge in [0.05, 0.1) is 34.0 Å². The zero-order valence-corrected chi connectivity index (χ0v) is 26.6. The van der Waals surface area contributed by atoms with Crippen molar-refractivity contribution in [2.45, 2.75) is 116 Å². The molecule has 0 saturated carbocycles. The third kappa shape index (κ3) is 7.04. The van der Waals surface area contributed by atoms with Crippen LogP contribution >= 0.6 is 0 Å². The number of rotatable bonds is 7. The molecule has 216 valence electrons. The molecule has 0 aromatic carbocycles. The summed E-state index contributed by atoms with van der Waals surface area (Å²) >= 11 is 0. The maximum absolute atomic E-state index is 12.5. The van der Waals surface area contributed by atoms with Crippen LogP contribution in [0.5, 0.6) is 0 Å². The average molecular weight is 559 g/mol. The fourth-order valence-electron chi connectivity index (χ4n) is 4.76. The van der Waals surface area contributed by atoms with E-state index >= 15 is 0 Å². The van der Waals surface area contributed by atoms with Crippen LogP contribution in [0.3, 0.4) is 0 Å². The van der Waals surface area contributed by atoms with Crippen LogP contribution in [0.1, 0.15) is 73.1 Å². The van der Waals surface area contributed by atoms with E-state index < -0.39 is 32.0 Å². The van der Waals surface area contributed by atoms with Gasteiger partial charge in [-0.3, -0.25) is 0 Å². The van der Waals surface area contributed by atoms with Gasteiger partial charge in [0.2, 0.25) is 0 Å². The lowest BCUT2D eigenvalue weighted by Gasteiger charge is -2.32. The monoisotopic (exact) mass is 558 g/mol. The molecule has 39 heavy (non-hydrogen) atoms. The molecule has 0 unspecified atom stereocenters. The van der Waals surface area contributed by atoms with Crippen molar-refractivity contribution < 1.29 is 23.6 Å². The van der Waals surface area contributed by atoms with Gasteiger partial charge in [-0.25, -0.2) is 14.8 Å². The molecule has 0 radical (unpaired) electrons. The van der Waals surface area contributed by atoms with Crippen molar-refractivity contribution in [3.05, 3.63) is 18.1 Å². The van der Waals surface area contributed by atoms with Crippen LogP contribution in [0.15, 0.2) is 12.3 Å². The summed E-state index contributed by atoms with van der Waals surface area (Å²) in [6, 6.07) is 3.15. The van der Waals surface area contributed by atoms with E-state index in [1.54, 1.807) is 4.90 Å². The van der Waals surface area contributed by atoms with Crippen molar-refractivity contribution in [2.24, 2.45) is 0 Å². The van der Waals surface area contributed by atoms with Crippen LogP contribution in [0, 0.1) is 0 Å². The Balaban J connectivity index is 1.55. The number of nitrogens with zero attached hydrogens (tertiary/aromatic N) is 4. The van der Waals surface area contributed by atoms with Gasteiger partial charge < -0.3 is 28.2 Å². The zero-order valence-electron chi connectivity index (χ0n) is 25.6. The molecule has 0 atom stereocenters. The molecule has 2 aliphatic heterocycles. The third-order valence-corrected chi connectivity index (χ3v) is 9.63. The van der Waals surface area contributed by atoms with Gasteiger partial charge in [0.25, 0.3) is 0 Å². The number of likely N-dealkylation sites (tertiary alicyclic amines) is 1. The Hall–Kier alpha value is -1.95. The van der Waals surface area contributed by atoms with E-state index in [4.69, 9.17) is 28.8 Å². The maximum Gasteiger partial charge on any atom is 0.512 e. The molecule has 0 spiro atoms. The molecular formula is C28H47BN4O5Si. The molecule has 2 aromatic heterocycles. The molecule has 0 N–H and O–H groups in total. The van der Waals surface area contributed by atoms with E-state index in [2.05, 4.69) is 58.0 Å². The normalized spacial score (nSPS) is 20.2. The van der Waals surface area contributed by atoms with Crippen molar-refractivity contribution in [3.63, 3.8) is 0 Å². The topological polar surface area (TPSA) is 87.9 Å². The summed E-state index contributed by atoms with van der Waals surface area (Å²) in [6.45, 7) is 23.3. The van der Waals surface area contributed by atoms with Gasteiger partial charge in [-0.05, 0) is 73.4 Å². The molecular weight excluding hydrogens is 511 g/mol. The number of hydrogen-bond donors (Lipinski definition) is 0. The molecule has 2 fully saturated rings. The minimum absolute atomic E-state index is 0.185. The number of aromatic nitrogens is 3. The fraction of sp³-hybridized carbons (Fsp3) is 0.750. The highest BCUT2D eigenvalue weighted by Crippen LogP contribution is 2.37. The molecule has 2 saturated heterocycles. The molecule has 11 heteroatoms. The molecule has 4 rings (SSSR count). The third-order valence-electron chi connectivity index (χ3n) is 7.93. The molecule has 9 nitrogen and oxygen atoms in total. The lowest BCUT2D eigenvalue weighted by molar-refractivity contribution is 0.00578. The SMILES string of the molecule is CC(C)(C)OC(=O)N1CCC(c2ncc3c(cc(B4OC(C)(C)C(C)(C)O4)n3COCC[Si](C)(C)C)n2)CC1. The molecule has 2 aromatic rings. The summed E-state index contributed by atoms with van der Waals surface area (Å²) < 4.78 is 26.6. The Labute approximate surface area is 235 Å². The number of carbonyl (C=O) groups is 1. The van der Waals surface area contributed by atoms with E-state index in [1.165, 1.54) is 0 Å². The van der Waals surface area contributed by atoms with Gasteiger partial charge >= 0.3 is 13.2 Å². The van der Waals surface area contributed by atoms with Crippen molar-refractivity contribution in [3.8, 4) is 0 Å². The number of ether oxygens (including phenoxy) is 2. The van der Waals surface area contributed by atoms with Gasteiger partial charge in [-0.2, -0.15) is 0 Å². The smallest absolute Gasteiger partial charge is 0.444 e. The van der Waals surface area contributed by atoms with Crippen LogP contribution < -0.4 is 5.59 Å². The summed E-state index contributed by atoms with van der Waals surface area (Å²) in [6.07, 6.45) is 3.25. The minimum atomic E-state index is -1.20. The fourth-order valence-corrected chi connectivity index (χ4v) is 5.51. The minimum Gasteiger partial charge on any atom is -0.444 e. The lowest BCUT2D eigenvalue weighted by atomic mass is 9.84. The van der Waals surface area contributed by atoms with Gasteiger partial charge in [-0.15, -0.1) is 0 Å². The van der Waals surface area contributed by atoms with E-state index in [1.807, 2.05) is 27.0 Å². The van der Waals surface area contributed by atoms with Crippen molar-refractivity contribution in [1.29, 1.82) is 0 Å². The first-order valence-electron chi connectivity index (χ1n) is 14.2.